The quantitative estimate of drug-likeness (QED) is 0.606. The SMILES string of the molecule is Cc1ccc(/C=C\c2cc(C)c(C)c(C)c2)cc1OP(C)(=O)[O-]. The molecule has 1 unspecified atom stereocenters. The zero-order valence-corrected chi connectivity index (χ0v) is 15.1. The van der Waals surface area contributed by atoms with Crippen LogP contribution in [-0.2, 0) is 4.57 Å². The van der Waals surface area contributed by atoms with Crippen molar-refractivity contribution in [1.29, 1.82) is 0 Å². The number of aryl methyl sites for hydroxylation is 3. The van der Waals surface area contributed by atoms with Crippen LogP contribution in [0.25, 0.3) is 12.2 Å². The summed E-state index contributed by atoms with van der Waals surface area (Å²) >= 11 is 0. The summed E-state index contributed by atoms with van der Waals surface area (Å²) in [4.78, 5) is 11.3. The van der Waals surface area contributed by atoms with E-state index in [0.717, 1.165) is 23.4 Å². The fourth-order valence-corrected chi connectivity index (χ4v) is 2.91. The minimum atomic E-state index is -3.80. The molecule has 0 aliphatic carbocycles. The van der Waals surface area contributed by atoms with Crippen LogP contribution in [0.5, 0.6) is 5.75 Å². The van der Waals surface area contributed by atoms with E-state index in [0.29, 0.717) is 5.75 Å². The second kappa shape index (κ2) is 6.74. The maximum absolute atomic E-state index is 11.3. The van der Waals surface area contributed by atoms with Crippen molar-refractivity contribution in [3.8, 4) is 5.75 Å². The first kappa shape index (κ1) is 17.5. The lowest BCUT2D eigenvalue weighted by atomic mass is 10.00. The monoisotopic (exact) mass is 329 g/mol. The molecule has 122 valence electrons. The van der Waals surface area contributed by atoms with Gasteiger partial charge in [0.1, 0.15) is 5.75 Å². The average Bonchev–Trinajstić information content (AvgIpc) is 2.44. The largest absolute Gasteiger partial charge is 0.769 e. The van der Waals surface area contributed by atoms with Gasteiger partial charge in [-0.15, -0.1) is 0 Å². The molecule has 0 fully saturated rings. The molecule has 0 bridgehead atoms. The summed E-state index contributed by atoms with van der Waals surface area (Å²) in [6.07, 6.45) is 3.98. The first-order chi connectivity index (χ1) is 10.7. The van der Waals surface area contributed by atoms with Gasteiger partial charge >= 0.3 is 0 Å². The third kappa shape index (κ3) is 4.82. The first-order valence-corrected chi connectivity index (χ1v) is 9.49. The van der Waals surface area contributed by atoms with E-state index < -0.39 is 7.60 Å². The molecule has 2 aromatic carbocycles. The fraction of sp³-hybridized carbons (Fsp3) is 0.263. The minimum Gasteiger partial charge on any atom is -0.769 e. The summed E-state index contributed by atoms with van der Waals surface area (Å²) in [6, 6.07) is 9.83. The standard InChI is InChI=1S/C19H23O3P/c1-13-6-7-17(12-19(13)22-23(5,20)21)8-9-18-10-14(2)16(4)15(3)11-18/h6-12H,1-5H3,(H,20,21)/p-1/b9-8-. The van der Waals surface area contributed by atoms with Gasteiger partial charge in [-0.25, -0.2) is 0 Å². The summed E-state index contributed by atoms with van der Waals surface area (Å²) in [5, 5.41) is 0. The van der Waals surface area contributed by atoms with Crippen LogP contribution in [0.3, 0.4) is 0 Å². The van der Waals surface area contributed by atoms with Gasteiger partial charge in [0.05, 0.1) is 0 Å². The first-order valence-electron chi connectivity index (χ1n) is 7.50. The molecule has 2 aromatic rings. The Morgan fingerprint density at radius 2 is 1.48 bits per heavy atom. The Kier molecular flexibility index (Phi) is 5.13. The second-order valence-corrected chi connectivity index (χ2v) is 7.73. The molecule has 4 heteroatoms. The lowest BCUT2D eigenvalue weighted by Gasteiger charge is -2.20. The molecular weight excluding hydrogens is 307 g/mol. The van der Waals surface area contributed by atoms with Gasteiger partial charge in [0.2, 0.25) is 0 Å². The van der Waals surface area contributed by atoms with Crippen molar-refractivity contribution in [2.45, 2.75) is 27.7 Å². The van der Waals surface area contributed by atoms with Crippen molar-refractivity contribution < 1.29 is 14.0 Å². The van der Waals surface area contributed by atoms with E-state index in [9.17, 15) is 9.46 Å². The van der Waals surface area contributed by atoms with Crippen molar-refractivity contribution in [2.24, 2.45) is 0 Å². The highest BCUT2D eigenvalue weighted by Gasteiger charge is 2.06. The molecule has 0 aliphatic rings. The zero-order chi connectivity index (χ0) is 17.2. The van der Waals surface area contributed by atoms with Gasteiger partial charge in [-0.05, 0) is 67.1 Å². The van der Waals surface area contributed by atoms with Gasteiger partial charge in [-0.2, -0.15) is 0 Å². The summed E-state index contributed by atoms with van der Waals surface area (Å²) in [6.45, 7) is 9.22. The van der Waals surface area contributed by atoms with Crippen molar-refractivity contribution in [1.82, 2.24) is 0 Å². The molecule has 0 aromatic heterocycles. The number of benzene rings is 2. The van der Waals surface area contributed by atoms with Gasteiger partial charge in [0.15, 0.2) is 7.60 Å². The van der Waals surface area contributed by atoms with Crippen molar-refractivity contribution in [3.63, 3.8) is 0 Å². The van der Waals surface area contributed by atoms with E-state index >= 15 is 0 Å². The molecule has 0 N–H and O–H groups in total. The molecule has 0 aliphatic heterocycles. The Hall–Kier alpha value is -1.83. The van der Waals surface area contributed by atoms with Crippen LogP contribution in [0.2, 0.25) is 0 Å². The van der Waals surface area contributed by atoms with E-state index in [1.165, 1.54) is 16.7 Å². The predicted octanol–water partition coefficient (Wildman–Crippen LogP) is 4.65. The van der Waals surface area contributed by atoms with Crippen molar-refractivity contribution in [2.75, 3.05) is 6.66 Å². The van der Waals surface area contributed by atoms with Crippen LogP contribution in [0, 0.1) is 27.7 Å². The topological polar surface area (TPSA) is 49.4 Å². The average molecular weight is 329 g/mol. The summed E-state index contributed by atoms with van der Waals surface area (Å²) in [5.74, 6) is 0.379. The van der Waals surface area contributed by atoms with Crippen LogP contribution < -0.4 is 9.42 Å². The highest BCUT2D eigenvalue weighted by Crippen LogP contribution is 2.36. The minimum absolute atomic E-state index is 0.379. The van der Waals surface area contributed by atoms with Gasteiger partial charge in [-0.3, -0.25) is 4.57 Å². The summed E-state index contributed by atoms with van der Waals surface area (Å²) in [7, 11) is -3.80. The van der Waals surface area contributed by atoms with E-state index in [2.05, 4.69) is 32.9 Å². The molecular formula is C19H22O3P-. The fourth-order valence-electron chi connectivity index (χ4n) is 2.36. The van der Waals surface area contributed by atoms with Gasteiger partial charge in [0.25, 0.3) is 0 Å². The maximum atomic E-state index is 11.3. The van der Waals surface area contributed by atoms with Crippen molar-refractivity contribution in [3.05, 3.63) is 63.7 Å². The zero-order valence-electron chi connectivity index (χ0n) is 14.2. The van der Waals surface area contributed by atoms with Gasteiger partial charge in [-0.1, -0.05) is 36.4 Å². The Morgan fingerprint density at radius 1 is 0.913 bits per heavy atom. The molecule has 0 saturated heterocycles. The highest BCUT2D eigenvalue weighted by atomic mass is 31.2. The summed E-state index contributed by atoms with van der Waals surface area (Å²) < 4.78 is 16.4. The Labute approximate surface area is 138 Å². The third-order valence-electron chi connectivity index (χ3n) is 3.89. The predicted molar refractivity (Wildman–Crippen MR) is 94.9 cm³/mol. The number of rotatable bonds is 4. The Bertz CT molecular complexity index is 777. The molecule has 2 rings (SSSR count). The van der Waals surface area contributed by atoms with Crippen LogP contribution >= 0.6 is 7.60 Å². The molecule has 0 radical (unpaired) electrons. The molecule has 23 heavy (non-hydrogen) atoms. The maximum Gasteiger partial charge on any atom is 0.181 e. The lowest BCUT2D eigenvalue weighted by molar-refractivity contribution is -0.188. The normalized spacial score (nSPS) is 14.0. The van der Waals surface area contributed by atoms with E-state index in [-0.39, 0.29) is 0 Å². The lowest BCUT2D eigenvalue weighted by Crippen LogP contribution is -2.05. The third-order valence-corrected chi connectivity index (χ3v) is 4.42. The Balaban J connectivity index is 2.30. The highest BCUT2D eigenvalue weighted by molar-refractivity contribution is 7.50. The molecule has 0 saturated carbocycles. The van der Waals surface area contributed by atoms with E-state index in [1.807, 2.05) is 31.2 Å². The number of hydrogen-bond donors (Lipinski definition) is 0. The molecule has 0 amide bonds. The van der Waals surface area contributed by atoms with E-state index in [1.54, 1.807) is 6.07 Å². The van der Waals surface area contributed by atoms with Gasteiger partial charge in [0, 0.05) is 6.66 Å². The van der Waals surface area contributed by atoms with Crippen LogP contribution in [-0.4, -0.2) is 6.66 Å². The van der Waals surface area contributed by atoms with Crippen LogP contribution in [0.15, 0.2) is 30.3 Å². The molecule has 0 spiro atoms. The summed E-state index contributed by atoms with van der Waals surface area (Å²) in [5.41, 5.74) is 6.64. The van der Waals surface area contributed by atoms with E-state index in [4.69, 9.17) is 4.52 Å². The van der Waals surface area contributed by atoms with Crippen molar-refractivity contribution >= 4 is 19.7 Å². The second-order valence-electron chi connectivity index (χ2n) is 6.00. The Morgan fingerprint density at radius 3 is 2.04 bits per heavy atom. The molecule has 0 heterocycles. The molecule has 1 atom stereocenters. The smallest absolute Gasteiger partial charge is 0.181 e. The molecule has 3 nitrogen and oxygen atoms in total. The van der Waals surface area contributed by atoms with Gasteiger partial charge < -0.3 is 9.42 Å². The van der Waals surface area contributed by atoms with Crippen LogP contribution in [0.4, 0.5) is 0 Å². The van der Waals surface area contributed by atoms with Crippen LogP contribution in [0.1, 0.15) is 33.4 Å². The number of hydrogen-bond acceptors (Lipinski definition) is 3.